The third kappa shape index (κ3) is 8.02. The van der Waals surface area contributed by atoms with Crippen molar-refractivity contribution in [3.05, 3.63) is 11.8 Å². The van der Waals surface area contributed by atoms with Gasteiger partial charge in [0.2, 0.25) is 0 Å². The molecule has 0 aliphatic carbocycles. The minimum atomic E-state index is -0.459. The van der Waals surface area contributed by atoms with E-state index >= 15 is 0 Å². The molecule has 0 saturated heterocycles. The highest BCUT2D eigenvalue weighted by atomic mass is 32.2. The maximum atomic E-state index is 10.9. The Kier molecular flexibility index (Phi) is 7.75. The Morgan fingerprint density at radius 1 is 1.60 bits per heavy atom. The summed E-state index contributed by atoms with van der Waals surface area (Å²) in [7, 11) is 0. The zero-order chi connectivity index (χ0) is 11.7. The molecule has 0 radical (unpaired) electrons. The van der Waals surface area contributed by atoms with E-state index in [1.807, 2.05) is 0 Å². The van der Waals surface area contributed by atoms with Gasteiger partial charge in [-0.05, 0) is 6.92 Å². The summed E-state index contributed by atoms with van der Waals surface area (Å²) in [6, 6.07) is 0. The topological polar surface area (TPSA) is 95.4 Å². The molecule has 0 aliphatic heterocycles. The second-order valence-electron chi connectivity index (χ2n) is 2.72. The lowest BCUT2D eigenvalue weighted by Crippen LogP contribution is -2.18. The van der Waals surface area contributed by atoms with Crippen LogP contribution in [0.4, 0.5) is 0 Å². The monoisotopic (exact) mass is 232 g/mol. The quantitative estimate of drug-likeness (QED) is 0.277. The van der Waals surface area contributed by atoms with E-state index in [0.29, 0.717) is 18.1 Å². The van der Waals surface area contributed by atoms with E-state index in [0.717, 1.165) is 6.29 Å². The highest BCUT2D eigenvalue weighted by Crippen LogP contribution is 2.10. The molecule has 0 bridgehead atoms. The van der Waals surface area contributed by atoms with Gasteiger partial charge in [0.15, 0.2) is 0 Å². The zero-order valence-electron chi connectivity index (χ0n) is 8.64. The Morgan fingerprint density at radius 3 is 2.80 bits per heavy atom. The van der Waals surface area contributed by atoms with Gasteiger partial charge in [0, 0.05) is 23.9 Å². The lowest BCUT2D eigenvalue weighted by Gasteiger charge is -2.07. The van der Waals surface area contributed by atoms with Gasteiger partial charge in [0.1, 0.15) is 6.29 Å². The van der Waals surface area contributed by atoms with Crippen molar-refractivity contribution in [1.29, 1.82) is 0 Å². The molecule has 86 valence electrons. The zero-order valence-corrected chi connectivity index (χ0v) is 9.46. The fourth-order valence-corrected chi connectivity index (χ4v) is 1.45. The summed E-state index contributed by atoms with van der Waals surface area (Å²) in [6.45, 7) is 2.04. The molecule has 0 spiro atoms. The number of rotatable bonds is 7. The van der Waals surface area contributed by atoms with Crippen molar-refractivity contribution >= 4 is 24.0 Å². The minimum absolute atomic E-state index is 0.275. The van der Waals surface area contributed by atoms with Crippen LogP contribution in [-0.2, 0) is 14.3 Å². The molecule has 0 saturated carbocycles. The number of carbonyl (C=O) groups is 2. The van der Waals surface area contributed by atoms with Gasteiger partial charge in [-0.25, -0.2) is 4.79 Å². The number of hydrogen-bond donors (Lipinski definition) is 2. The fourth-order valence-electron chi connectivity index (χ4n) is 0.743. The Morgan fingerprint density at radius 2 is 2.27 bits per heavy atom. The Bertz CT molecular complexity index is 244. The molecule has 0 aliphatic rings. The second-order valence-corrected chi connectivity index (χ2v) is 3.95. The number of hydrogen-bond acceptors (Lipinski definition) is 6. The average molecular weight is 232 g/mol. The normalized spacial score (nSPS) is 13.3. The van der Waals surface area contributed by atoms with Crippen molar-refractivity contribution in [2.75, 3.05) is 12.4 Å². The van der Waals surface area contributed by atoms with E-state index < -0.39 is 5.97 Å². The van der Waals surface area contributed by atoms with Gasteiger partial charge in [-0.2, -0.15) is 0 Å². The molecular weight excluding hydrogens is 216 g/mol. The molecule has 5 nitrogen and oxygen atoms in total. The summed E-state index contributed by atoms with van der Waals surface area (Å²) in [4.78, 5) is 21.1. The number of carbonyl (C=O) groups excluding carboxylic acids is 2. The number of thioether (sulfide) groups is 1. The molecule has 1 atom stereocenters. The van der Waals surface area contributed by atoms with Crippen molar-refractivity contribution < 1.29 is 14.3 Å². The molecule has 0 heterocycles. The summed E-state index contributed by atoms with van der Waals surface area (Å²) in [6.07, 6.45) is 2.25. The highest BCUT2D eigenvalue weighted by Gasteiger charge is 2.04. The minimum Gasteiger partial charge on any atom is -0.463 e. The summed E-state index contributed by atoms with van der Waals surface area (Å²) in [5.41, 5.74) is 11.5. The smallest absolute Gasteiger partial charge is 0.332 e. The maximum absolute atomic E-state index is 10.9. The Labute approximate surface area is 93.2 Å². The van der Waals surface area contributed by atoms with E-state index in [2.05, 4.69) is 4.74 Å². The third-order valence-corrected chi connectivity index (χ3v) is 2.50. The highest BCUT2D eigenvalue weighted by molar-refractivity contribution is 8.00. The SMILES string of the molecule is CCOC(=O)C=C(N)CSC(N)CC=O. The van der Waals surface area contributed by atoms with E-state index in [-0.39, 0.29) is 11.8 Å². The van der Waals surface area contributed by atoms with Crippen LogP contribution in [-0.4, -0.2) is 30.0 Å². The molecule has 1 unspecified atom stereocenters. The van der Waals surface area contributed by atoms with Gasteiger partial charge in [0.25, 0.3) is 0 Å². The third-order valence-electron chi connectivity index (χ3n) is 1.38. The maximum Gasteiger partial charge on any atom is 0.332 e. The van der Waals surface area contributed by atoms with Crippen molar-refractivity contribution in [1.82, 2.24) is 0 Å². The standard InChI is InChI=1S/C9H16N2O3S/c1-2-14-9(13)5-7(10)6-15-8(11)3-4-12/h4-5,8H,2-3,6,10-11H2,1H3. The van der Waals surface area contributed by atoms with Crippen LogP contribution in [0.2, 0.25) is 0 Å². The molecule has 6 heteroatoms. The summed E-state index contributed by atoms with van der Waals surface area (Å²) < 4.78 is 4.67. The van der Waals surface area contributed by atoms with Crippen LogP contribution < -0.4 is 11.5 Å². The number of nitrogens with two attached hydrogens (primary N) is 2. The molecule has 0 aromatic heterocycles. The molecular formula is C9H16N2O3S. The van der Waals surface area contributed by atoms with Crippen LogP contribution in [0.1, 0.15) is 13.3 Å². The predicted octanol–water partition coefficient (Wildman–Crippen LogP) is -0.000900. The van der Waals surface area contributed by atoms with Crippen LogP contribution in [0.3, 0.4) is 0 Å². The van der Waals surface area contributed by atoms with Crippen LogP contribution in [0, 0.1) is 0 Å². The number of aldehydes is 1. The van der Waals surface area contributed by atoms with Crippen LogP contribution in [0.25, 0.3) is 0 Å². The largest absolute Gasteiger partial charge is 0.463 e. The van der Waals surface area contributed by atoms with Crippen molar-refractivity contribution in [3.8, 4) is 0 Å². The van der Waals surface area contributed by atoms with E-state index in [1.54, 1.807) is 6.92 Å². The summed E-state index contributed by atoms with van der Waals surface area (Å²) in [5, 5.41) is -0.281. The van der Waals surface area contributed by atoms with Gasteiger partial charge in [-0.1, -0.05) is 0 Å². The van der Waals surface area contributed by atoms with Crippen LogP contribution in [0.15, 0.2) is 11.8 Å². The van der Waals surface area contributed by atoms with Gasteiger partial charge < -0.3 is 21.0 Å². The molecule has 0 rings (SSSR count). The Balaban J connectivity index is 3.86. The summed E-state index contributed by atoms with van der Waals surface area (Å²) in [5.74, 6) is -0.0482. The van der Waals surface area contributed by atoms with Gasteiger partial charge in [-0.3, -0.25) is 0 Å². The van der Waals surface area contributed by atoms with Gasteiger partial charge >= 0.3 is 5.97 Å². The second kappa shape index (κ2) is 8.31. The first-order valence-electron chi connectivity index (χ1n) is 4.53. The molecule has 0 aromatic carbocycles. The lowest BCUT2D eigenvalue weighted by atomic mass is 10.4. The van der Waals surface area contributed by atoms with E-state index in [4.69, 9.17) is 11.5 Å². The molecule has 15 heavy (non-hydrogen) atoms. The predicted molar refractivity (Wildman–Crippen MR) is 60.0 cm³/mol. The first-order chi connectivity index (χ1) is 7.10. The number of ether oxygens (including phenoxy) is 1. The molecule has 0 amide bonds. The first kappa shape index (κ1) is 14.0. The molecule has 0 aromatic rings. The van der Waals surface area contributed by atoms with Crippen LogP contribution in [0.5, 0.6) is 0 Å². The van der Waals surface area contributed by atoms with Gasteiger partial charge in [-0.15, -0.1) is 11.8 Å². The summed E-state index contributed by atoms with van der Waals surface area (Å²) >= 11 is 1.31. The van der Waals surface area contributed by atoms with Gasteiger partial charge in [0.05, 0.1) is 12.0 Å². The first-order valence-corrected chi connectivity index (χ1v) is 5.58. The van der Waals surface area contributed by atoms with Crippen molar-refractivity contribution in [3.63, 3.8) is 0 Å². The van der Waals surface area contributed by atoms with E-state index in [9.17, 15) is 9.59 Å². The van der Waals surface area contributed by atoms with Crippen molar-refractivity contribution in [2.24, 2.45) is 11.5 Å². The van der Waals surface area contributed by atoms with Crippen molar-refractivity contribution in [2.45, 2.75) is 18.7 Å². The van der Waals surface area contributed by atoms with Crippen LogP contribution >= 0.6 is 11.8 Å². The fraction of sp³-hybridized carbons (Fsp3) is 0.556. The van der Waals surface area contributed by atoms with E-state index in [1.165, 1.54) is 17.8 Å². The lowest BCUT2D eigenvalue weighted by molar-refractivity contribution is -0.137. The number of esters is 1. The molecule has 0 fully saturated rings. The average Bonchev–Trinajstić information content (AvgIpc) is 2.15. The molecule has 4 N–H and O–H groups in total. The Hall–Kier alpha value is -1.01.